The Kier molecular flexibility index (Phi) is 7.44. The van der Waals surface area contributed by atoms with E-state index in [1.807, 2.05) is 60.7 Å². The van der Waals surface area contributed by atoms with Gasteiger partial charge in [-0.3, -0.25) is 14.4 Å². The maximum atomic E-state index is 13.6. The van der Waals surface area contributed by atoms with E-state index in [0.717, 1.165) is 21.0 Å². The molecule has 1 N–H and O–H groups in total. The van der Waals surface area contributed by atoms with E-state index in [0.29, 0.717) is 33.8 Å². The molecule has 192 valence electrons. The molecule has 1 amide bonds. The second-order valence-corrected chi connectivity index (χ2v) is 10.2. The van der Waals surface area contributed by atoms with Crippen LogP contribution in [0.5, 0.6) is 0 Å². The molecule has 0 saturated carbocycles. The molecule has 0 saturated heterocycles. The molecule has 38 heavy (non-hydrogen) atoms. The van der Waals surface area contributed by atoms with Crippen molar-refractivity contribution in [2.24, 2.45) is 5.10 Å². The molecule has 2 heterocycles. The van der Waals surface area contributed by atoms with Crippen molar-refractivity contribution in [1.29, 1.82) is 0 Å². The predicted octanol–water partition coefficient (Wildman–Crippen LogP) is 6.24. The number of carbonyl (C=O) groups is 2. The number of nitrogens with zero attached hydrogens (tertiary/aromatic N) is 2. The quantitative estimate of drug-likeness (QED) is 0.268. The van der Waals surface area contributed by atoms with Crippen LogP contribution in [0.15, 0.2) is 87.2 Å². The topological polar surface area (TPSA) is 91.8 Å². The summed E-state index contributed by atoms with van der Waals surface area (Å²) in [6.07, 6.45) is 0.195. The number of rotatable bonds is 6. The first-order valence-electron chi connectivity index (χ1n) is 12.0. The third kappa shape index (κ3) is 5.14. The number of halogens is 2. The summed E-state index contributed by atoms with van der Waals surface area (Å²) in [7, 11) is 1.28. The SMILES string of the molecule is COC(=O)CCC(=O)N1N=C(c2c(-c3ccccc3)c3cc(Cl)ccc3[nH]c2=O)CC1c1ccc(Br)cc1. The number of benzene rings is 3. The van der Waals surface area contributed by atoms with Crippen LogP contribution in [-0.2, 0) is 14.3 Å². The maximum Gasteiger partial charge on any atom is 0.306 e. The molecule has 1 unspecified atom stereocenters. The fraction of sp³-hybridized carbons (Fsp3) is 0.172. The fourth-order valence-electron chi connectivity index (χ4n) is 4.71. The van der Waals surface area contributed by atoms with Crippen LogP contribution in [0.2, 0.25) is 5.02 Å². The highest BCUT2D eigenvalue weighted by Gasteiger charge is 2.35. The van der Waals surface area contributed by atoms with E-state index in [-0.39, 0.29) is 24.3 Å². The molecule has 1 aromatic heterocycles. The number of methoxy groups -OCH3 is 1. The molecule has 1 aliphatic heterocycles. The molecule has 4 aromatic rings. The van der Waals surface area contributed by atoms with Gasteiger partial charge in [0.2, 0.25) is 5.91 Å². The third-order valence-corrected chi connectivity index (χ3v) is 7.28. The molecule has 7 nitrogen and oxygen atoms in total. The number of carbonyl (C=O) groups excluding carboxylic acids is 2. The lowest BCUT2D eigenvalue weighted by atomic mass is 9.91. The Labute approximate surface area is 232 Å². The zero-order chi connectivity index (χ0) is 26.8. The van der Waals surface area contributed by atoms with E-state index in [2.05, 4.69) is 20.9 Å². The molecule has 1 atom stereocenters. The molecule has 0 radical (unpaired) electrons. The molecular weight excluding hydrogens is 570 g/mol. The Morgan fingerprint density at radius 3 is 2.50 bits per heavy atom. The van der Waals surface area contributed by atoms with Crippen molar-refractivity contribution in [1.82, 2.24) is 9.99 Å². The van der Waals surface area contributed by atoms with Gasteiger partial charge in [0.15, 0.2) is 0 Å². The summed E-state index contributed by atoms with van der Waals surface area (Å²) < 4.78 is 5.60. The van der Waals surface area contributed by atoms with Crippen molar-refractivity contribution in [2.45, 2.75) is 25.3 Å². The summed E-state index contributed by atoms with van der Waals surface area (Å²) in [5.41, 5.74) is 3.60. The van der Waals surface area contributed by atoms with Gasteiger partial charge in [-0.1, -0.05) is 70.0 Å². The minimum Gasteiger partial charge on any atom is -0.469 e. The Morgan fingerprint density at radius 1 is 1.05 bits per heavy atom. The van der Waals surface area contributed by atoms with E-state index in [9.17, 15) is 14.4 Å². The lowest BCUT2D eigenvalue weighted by Gasteiger charge is -2.22. The van der Waals surface area contributed by atoms with Crippen LogP contribution in [0.1, 0.15) is 36.4 Å². The average Bonchev–Trinajstić information content (AvgIpc) is 3.37. The Bertz CT molecular complexity index is 1620. The van der Waals surface area contributed by atoms with Crippen molar-refractivity contribution in [3.05, 3.63) is 104 Å². The summed E-state index contributed by atoms with van der Waals surface area (Å²) >= 11 is 9.82. The highest BCUT2D eigenvalue weighted by Crippen LogP contribution is 2.38. The zero-order valence-corrected chi connectivity index (χ0v) is 22.8. The lowest BCUT2D eigenvalue weighted by Crippen LogP contribution is -2.27. The number of ether oxygens (including phenoxy) is 1. The smallest absolute Gasteiger partial charge is 0.306 e. The monoisotopic (exact) mass is 591 g/mol. The van der Waals surface area contributed by atoms with Crippen molar-refractivity contribution in [2.75, 3.05) is 7.11 Å². The minimum atomic E-state index is -0.476. The van der Waals surface area contributed by atoms with Gasteiger partial charge in [0.1, 0.15) is 0 Å². The van der Waals surface area contributed by atoms with Gasteiger partial charge >= 0.3 is 5.97 Å². The van der Waals surface area contributed by atoms with E-state index in [4.69, 9.17) is 21.4 Å². The van der Waals surface area contributed by atoms with Gasteiger partial charge in [-0.25, -0.2) is 5.01 Å². The van der Waals surface area contributed by atoms with Crippen LogP contribution >= 0.6 is 27.5 Å². The van der Waals surface area contributed by atoms with E-state index >= 15 is 0 Å². The van der Waals surface area contributed by atoms with E-state index < -0.39 is 12.0 Å². The molecule has 9 heteroatoms. The van der Waals surface area contributed by atoms with Gasteiger partial charge < -0.3 is 9.72 Å². The summed E-state index contributed by atoms with van der Waals surface area (Å²) in [5, 5.41) is 7.40. The number of esters is 1. The number of aromatic nitrogens is 1. The van der Waals surface area contributed by atoms with E-state index in [1.54, 1.807) is 12.1 Å². The first kappa shape index (κ1) is 25.9. The van der Waals surface area contributed by atoms with Crippen molar-refractivity contribution < 1.29 is 14.3 Å². The number of pyridine rings is 1. The van der Waals surface area contributed by atoms with Crippen LogP contribution in [0, 0.1) is 0 Å². The molecule has 0 aliphatic carbocycles. The van der Waals surface area contributed by atoms with Crippen LogP contribution in [0.4, 0.5) is 0 Å². The van der Waals surface area contributed by atoms with Gasteiger partial charge in [0, 0.05) is 38.8 Å². The van der Waals surface area contributed by atoms with Gasteiger partial charge in [-0.15, -0.1) is 0 Å². The number of nitrogens with one attached hydrogen (secondary N) is 1. The number of aromatic amines is 1. The first-order chi connectivity index (χ1) is 18.4. The van der Waals surface area contributed by atoms with Gasteiger partial charge in [-0.2, -0.15) is 5.10 Å². The number of amides is 1. The number of hydrazone groups is 1. The Balaban J connectivity index is 1.67. The zero-order valence-electron chi connectivity index (χ0n) is 20.4. The average molecular weight is 593 g/mol. The second-order valence-electron chi connectivity index (χ2n) is 8.89. The highest BCUT2D eigenvalue weighted by molar-refractivity contribution is 9.10. The lowest BCUT2D eigenvalue weighted by molar-refractivity contribution is -0.144. The molecule has 1 aliphatic rings. The number of fused-ring (bicyclic) bond motifs is 1. The Hall–Kier alpha value is -3.75. The fourth-order valence-corrected chi connectivity index (χ4v) is 5.14. The summed E-state index contributed by atoms with van der Waals surface area (Å²) in [5.74, 6) is -0.809. The summed E-state index contributed by atoms with van der Waals surface area (Å²) in [4.78, 5) is 41.5. The molecule has 0 fully saturated rings. The van der Waals surface area contributed by atoms with Crippen LogP contribution < -0.4 is 5.56 Å². The number of hydrogen-bond donors (Lipinski definition) is 1. The number of hydrogen-bond acceptors (Lipinski definition) is 5. The molecule has 3 aromatic carbocycles. The van der Waals surface area contributed by atoms with Crippen LogP contribution in [0.25, 0.3) is 22.0 Å². The minimum absolute atomic E-state index is 0.0614. The number of H-pyrrole nitrogens is 1. The summed E-state index contributed by atoms with van der Waals surface area (Å²) in [6.45, 7) is 0. The van der Waals surface area contributed by atoms with Crippen molar-refractivity contribution in [3.8, 4) is 11.1 Å². The van der Waals surface area contributed by atoms with Gasteiger partial charge in [0.05, 0.1) is 30.8 Å². The second kappa shape index (κ2) is 10.9. The van der Waals surface area contributed by atoms with Crippen LogP contribution in [-0.4, -0.2) is 34.7 Å². The molecule has 0 spiro atoms. The highest BCUT2D eigenvalue weighted by atomic mass is 79.9. The van der Waals surface area contributed by atoms with Gasteiger partial charge in [0.25, 0.3) is 5.56 Å². The normalized spacial score (nSPS) is 15.0. The maximum absolute atomic E-state index is 13.6. The molecule has 0 bridgehead atoms. The predicted molar refractivity (Wildman–Crippen MR) is 151 cm³/mol. The Morgan fingerprint density at radius 2 is 1.79 bits per heavy atom. The first-order valence-corrected chi connectivity index (χ1v) is 13.2. The summed E-state index contributed by atoms with van der Waals surface area (Å²) in [6, 6.07) is 22.1. The van der Waals surface area contributed by atoms with Crippen molar-refractivity contribution in [3.63, 3.8) is 0 Å². The standard InChI is InChI=1S/C29H23BrClN3O4/c1-38-26(36)14-13-25(35)34-24(17-7-9-19(30)10-8-17)16-23(33-34)28-27(18-5-3-2-4-6-18)21-15-20(31)11-12-22(21)32-29(28)37/h2-12,15,24H,13-14,16H2,1H3,(H,32,37). The molecular formula is C29H23BrClN3O4. The van der Waals surface area contributed by atoms with E-state index in [1.165, 1.54) is 12.1 Å². The largest absolute Gasteiger partial charge is 0.469 e. The van der Waals surface area contributed by atoms with Gasteiger partial charge in [-0.05, 0) is 41.5 Å². The third-order valence-electron chi connectivity index (χ3n) is 6.52. The van der Waals surface area contributed by atoms with Crippen LogP contribution in [0.3, 0.4) is 0 Å². The van der Waals surface area contributed by atoms with Crippen molar-refractivity contribution >= 4 is 56.0 Å². The molecule has 5 rings (SSSR count).